The normalized spacial score (nSPS) is 13.3. The van der Waals surface area contributed by atoms with Crippen LogP contribution in [-0.4, -0.2) is 19.8 Å². The zero-order valence-corrected chi connectivity index (χ0v) is 21.9. The highest BCUT2D eigenvalue weighted by Gasteiger charge is 2.38. The van der Waals surface area contributed by atoms with Crippen molar-refractivity contribution in [1.29, 1.82) is 0 Å². The molecule has 0 aromatic carbocycles. The van der Waals surface area contributed by atoms with Crippen LogP contribution in [0.4, 0.5) is 0 Å². The predicted molar refractivity (Wildman–Crippen MR) is 128 cm³/mol. The molecule has 0 unspecified atom stereocenters. The number of unbranched alkanes of at least 4 members (excludes halogenated alkanes) is 13. The van der Waals surface area contributed by atoms with Gasteiger partial charge in [0, 0.05) is 0 Å². The molecule has 0 amide bonds. The minimum atomic E-state index is -2.12. The van der Waals surface area contributed by atoms with E-state index in [-0.39, 0.29) is 11.2 Å². The van der Waals surface area contributed by atoms with E-state index in [2.05, 4.69) is 55.0 Å². The van der Waals surface area contributed by atoms with Gasteiger partial charge in [-0.2, -0.15) is 0 Å². The lowest BCUT2D eigenvalue weighted by atomic mass is 10.0. The summed E-state index contributed by atoms with van der Waals surface area (Å²) < 4.78 is 12.9. The number of rotatable bonds is 17. The SMILES string of the molecule is CCCCCCCCCCCCCCCC[Si](C)(OC(C)(C)C)OC(C)(C)C. The quantitative estimate of drug-likeness (QED) is 0.174. The molecule has 0 saturated heterocycles. The molecule has 0 aliphatic carbocycles. The van der Waals surface area contributed by atoms with Gasteiger partial charge >= 0.3 is 8.56 Å². The summed E-state index contributed by atoms with van der Waals surface area (Å²) in [5, 5.41) is 0. The fourth-order valence-electron chi connectivity index (χ4n) is 4.06. The maximum atomic E-state index is 6.43. The molecule has 0 heterocycles. The molecule has 0 bridgehead atoms. The van der Waals surface area contributed by atoms with Crippen molar-refractivity contribution in [3.63, 3.8) is 0 Å². The van der Waals surface area contributed by atoms with E-state index < -0.39 is 8.56 Å². The monoisotopic (exact) mass is 414 g/mol. The van der Waals surface area contributed by atoms with E-state index in [0.717, 1.165) is 6.04 Å². The highest BCUT2D eigenvalue weighted by Crippen LogP contribution is 2.28. The molecule has 0 radical (unpaired) electrons. The Morgan fingerprint density at radius 1 is 0.500 bits per heavy atom. The largest absolute Gasteiger partial charge is 0.389 e. The zero-order valence-electron chi connectivity index (χ0n) is 20.9. The van der Waals surface area contributed by atoms with Crippen LogP contribution < -0.4 is 0 Å². The summed E-state index contributed by atoms with van der Waals surface area (Å²) in [5.74, 6) is 0. The van der Waals surface area contributed by atoms with E-state index in [9.17, 15) is 0 Å². The van der Waals surface area contributed by atoms with Gasteiger partial charge in [0.15, 0.2) is 0 Å². The van der Waals surface area contributed by atoms with Gasteiger partial charge in [-0.3, -0.25) is 0 Å². The third kappa shape index (κ3) is 19.5. The fourth-order valence-corrected chi connectivity index (χ4v) is 7.79. The van der Waals surface area contributed by atoms with Gasteiger partial charge in [0.25, 0.3) is 0 Å². The van der Waals surface area contributed by atoms with Gasteiger partial charge in [0.2, 0.25) is 0 Å². The molecule has 0 spiro atoms. The lowest BCUT2D eigenvalue weighted by Crippen LogP contribution is -2.49. The van der Waals surface area contributed by atoms with Crippen molar-refractivity contribution in [1.82, 2.24) is 0 Å². The molecular weight excluding hydrogens is 360 g/mol. The Morgan fingerprint density at radius 2 is 0.786 bits per heavy atom. The van der Waals surface area contributed by atoms with E-state index in [0.29, 0.717) is 0 Å². The number of hydrogen-bond donors (Lipinski definition) is 0. The fraction of sp³-hybridized carbons (Fsp3) is 1.00. The summed E-state index contributed by atoms with van der Waals surface area (Å²) in [7, 11) is -2.12. The molecular formula is C25H54O2Si. The molecule has 0 fully saturated rings. The summed E-state index contributed by atoms with van der Waals surface area (Å²) in [6.07, 6.45) is 19.7. The van der Waals surface area contributed by atoms with Gasteiger partial charge in [0.05, 0.1) is 11.2 Å². The first kappa shape index (κ1) is 28.1. The molecule has 28 heavy (non-hydrogen) atoms. The van der Waals surface area contributed by atoms with Gasteiger partial charge in [-0.05, 0) is 54.1 Å². The summed E-state index contributed by atoms with van der Waals surface area (Å²) in [5.41, 5.74) is -0.246. The molecule has 0 saturated carbocycles. The van der Waals surface area contributed by atoms with Crippen molar-refractivity contribution in [3.05, 3.63) is 0 Å². The summed E-state index contributed by atoms with van der Waals surface area (Å²) in [6, 6.07) is 1.11. The van der Waals surface area contributed by atoms with Crippen molar-refractivity contribution < 1.29 is 8.85 Å². The molecule has 170 valence electrons. The number of hydrogen-bond acceptors (Lipinski definition) is 2. The predicted octanol–water partition coefficient (Wildman–Crippen LogP) is 9.17. The lowest BCUT2D eigenvalue weighted by molar-refractivity contribution is 0.0173. The molecule has 0 N–H and O–H groups in total. The van der Waals surface area contributed by atoms with Crippen LogP contribution in [0.1, 0.15) is 138 Å². The molecule has 0 atom stereocenters. The van der Waals surface area contributed by atoms with Crippen molar-refractivity contribution in [2.24, 2.45) is 0 Å². The molecule has 2 nitrogen and oxygen atoms in total. The second kappa shape index (κ2) is 15.0. The van der Waals surface area contributed by atoms with E-state index in [1.54, 1.807) is 0 Å². The van der Waals surface area contributed by atoms with Gasteiger partial charge in [-0.15, -0.1) is 0 Å². The van der Waals surface area contributed by atoms with Crippen molar-refractivity contribution in [3.8, 4) is 0 Å². The molecule has 0 rings (SSSR count). The second-order valence-corrected chi connectivity index (χ2v) is 14.1. The zero-order chi connectivity index (χ0) is 21.5. The summed E-state index contributed by atoms with van der Waals surface area (Å²) in [6.45, 7) is 17.4. The molecule has 0 aliphatic rings. The van der Waals surface area contributed by atoms with Gasteiger partial charge in [0.1, 0.15) is 0 Å². The van der Waals surface area contributed by atoms with Crippen LogP contribution in [0.25, 0.3) is 0 Å². The first-order valence-corrected chi connectivity index (χ1v) is 14.9. The highest BCUT2D eigenvalue weighted by molar-refractivity contribution is 6.66. The van der Waals surface area contributed by atoms with Crippen molar-refractivity contribution in [2.75, 3.05) is 0 Å². The third-order valence-corrected chi connectivity index (χ3v) is 8.38. The first-order valence-electron chi connectivity index (χ1n) is 12.4. The Hall–Kier alpha value is 0.137. The Bertz CT molecular complexity index is 339. The second-order valence-electron chi connectivity index (χ2n) is 10.9. The standard InChI is InChI=1S/C25H54O2Si/c1-9-10-11-12-13-14-15-16-17-18-19-20-21-22-23-28(8,26-24(2,3)4)27-25(5,6)7/h9-23H2,1-8H3. The lowest BCUT2D eigenvalue weighted by Gasteiger charge is -2.39. The van der Waals surface area contributed by atoms with E-state index in [1.807, 2.05) is 0 Å². The van der Waals surface area contributed by atoms with Gasteiger partial charge in [-0.1, -0.05) is 96.8 Å². The van der Waals surface area contributed by atoms with Crippen LogP contribution in [0.5, 0.6) is 0 Å². The minimum absolute atomic E-state index is 0.123. The van der Waals surface area contributed by atoms with Crippen LogP contribution in [0.2, 0.25) is 12.6 Å². The third-order valence-electron chi connectivity index (χ3n) is 5.03. The molecule has 3 heteroatoms. The smallest absolute Gasteiger partial charge is 0.335 e. The molecule has 0 aromatic rings. The first-order chi connectivity index (χ1) is 13.0. The summed E-state index contributed by atoms with van der Waals surface area (Å²) >= 11 is 0. The minimum Gasteiger partial charge on any atom is -0.389 e. The van der Waals surface area contributed by atoms with E-state index in [1.165, 1.54) is 89.9 Å². The van der Waals surface area contributed by atoms with Crippen LogP contribution in [0, 0.1) is 0 Å². The van der Waals surface area contributed by atoms with Crippen LogP contribution in [0.3, 0.4) is 0 Å². The van der Waals surface area contributed by atoms with Crippen LogP contribution >= 0.6 is 0 Å². The van der Waals surface area contributed by atoms with E-state index >= 15 is 0 Å². The summed E-state index contributed by atoms with van der Waals surface area (Å²) in [4.78, 5) is 0. The van der Waals surface area contributed by atoms with Crippen molar-refractivity contribution in [2.45, 2.75) is 162 Å². The maximum Gasteiger partial charge on any atom is 0.335 e. The maximum absolute atomic E-state index is 6.43. The topological polar surface area (TPSA) is 18.5 Å². The molecule has 0 aromatic heterocycles. The van der Waals surface area contributed by atoms with E-state index in [4.69, 9.17) is 8.85 Å². The van der Waals surface area contributed by atoms with Crippen molar-refractivity contribution >= 4 is 8.56 Å². The van der Waals surface area contributed by atoms with Crippen LogP contribution in [-0.2, 0) is 8.85 Å². The Morgan fingerprint density at radius 3 is 1.07 bits per heavy atom. The van der Waals surface area contributed by atoms with Crippen LogP contribution in [0.15, 0.2) is 0 Å². The molecule has 0 aliphatic heterocycles. The average molecular weight is 415 g/mol. The Labute approximate surface area is 179 Å². The highest BCUT2D eigenvalue weighted by atomic mass is 28.4. The average Bonchev–Trinajstić information content (AvgIpc) is 2.51. The Balaban J connectivity index is 3.75. The van der Waals surface area contributed by atoms with Gasteiger partial charge in [-0.25, -0.2) is 0 Å². The Kier molecular flexibility index (Phi) is 15.1. The van der Waals surface area contributed by atoms with Gasteiger partial charge < -0.3 is 8.85 Å².